The Balaban J connectivity index is 0.000000217. The smallest absolute Gasteiger partial charge is 0.297 e. The lowest BCUT2D eigenvalue weighted by Gasteiger charge is -1.80. The Morgan fingerprint density at radius 3 is 2.08 bits per heavy atom. The van der Waals surface area contributed by atoms with E-state index in [2.05, 4.69) is 27.2 Å². The third-order valence-electron chi connectivity index (χ3n) is 0.885. The second kappa shape index (κ2) is 8.01. The van der Waals surface area contributed by atoms with Crippen molar-refractivity contribution in [3.63, 3.8) is 0 Å². The van der Waals surface area contributed by atoms with E-state index in [1.54, 1.807) is 0 Å². The first-order valence-corrected chi connectivity index (χ1v) is 4.01. The van der Waals surface area contributed by atoms with Gasteiger partial charge in [0.2, 0.25) is 0 Å². The predicted octanol–water partition coefficient (Wildman–Crippen LogP) is 2.75. The molecule has 0 aliphatic heterocycles. The van der Waals surface area contributed by atoms with Gasteiger partial charge in [-0.05, 0) is 12.1 Å². The average Bonchev–Trinajstić information content (AvgIpc) is 2.08. The molecule has 3 heteroatoms. The molecule has 12 heavy (non-hydrogen) atoms. The molecule has 0 atom stereocenters. The van der Waals surface area contributed by atoms with Gasteiger partial charge in [0.1, 0.15) is 0 Å². The summed E-state index contributed by atoms with van der Waals surface area (Å²) >= 11 is 3.31. The van der Waals surface area contributed by atoms with Gasteiger partial charge >= 0.3 is 0 Å². The minimum atomic E-state index is 0.312. The van der Waals surface area contributed by atoms with Crippen molar-refractivity contribution >= 4 is 22.4 Å². The molecule has 0 fully saturated rings. The summed E-state index contributed by atoms with van der Waals surface area (Å²) in [5, 5.41) is 0. The molecule has 1 rings (SSSR count). The van der Waals surface area contributed by atoms with Crippen LogP contribution in [-0.2, 0) is 9.53 Å². The number of benzene rings is 1. The van der Waals surface area contributed by atoms with E-state index in [9.17, 15) is 0 Å². The number of carbonyl (C=O) groups excluding carboxylic acids is 1. The van der Waals surface area contributed by atoms with E-state index in [1.165, 1.54) is 0 Å². The number of carbonyl (C=O) groups is 1. The second-order valence-corrected chi connectivity index (χ2v) is 2.61. The molecule has 0 heterocycles. The second-order valence-electron chi connectivity index (χ2n) is 1.69. The fourth-order valence-electron chi connectivity index (χ4n) is 0.454. The van der Waals surface area contributed by atoms with E-state index < -0.39 is 0 Å². The lowest BCUT2D eigenvalue weighted by molar-refractivity contribution is -0.123. The molecule has 2 nitrogen and oxygen atoms in total. The number of hydrogen-bond acceptors (Lipinski definition) is 2. The summed E-state index contributed by atoms with van der Waals surface area (Å²) in [4.78, 5) is 9.11. The van der Waals surface area contributed by atoms with Crippen molar-refractivity contribution in [2.75, 3.05) is 0 Å². The molecular weight excluding hydrogens is 220 g/mol. The minimum absolute atomic E-state index is 0.312. The van der Waals surface area contributed by atoms with Gasteiger partial charge in [0.05, 0.1) is 6.26 Å². The van der Waals surface area contributed by atoms with E-state index in [-0.39, 0.29) is 0 Å². The Labute approximate surface area is 80.0 Å². The minimum Gasteiger partial charge on any atom is -0.437 e. The van der Waals surface area contributed by atoms with Crippen molar-refractivity contribution in [1.82, 2.24) is 0 Å². The number of ether oxygens (including phenoxy) is 1. The first kappa shape index (κ1) is 10.9. The van der Waals surface area contributed by atoms with Gasteiger partial charge in [-0.15, -0.1) is 0 Å². The zero-order valence-corrected chi connectivity index (χ0v) is 8.03. The summed E-state index contributed by atoms with van der Waals surface area (Å²) in [6, 6.07) is 9.97. The molecule has 0 spiro atoms. The fourth-order valence-corrected chi connectivity index (χ4v) is 0.759. The summed E-state index contributed by atoms with van der Waals surface area (Å²) in [7, 11) is 0. The van der Waals surface area contributed by atoms with Gasteiger partial charge in [0, 0.05) is 4.47 Å². The van der Waals surface area contributed by atoms with E-state index in [0.717, 1.165) is 10.7 Å². The van der Waals surface area contributed by atoms with Crippen LogP contribution in [0.15, 0.2) is 47.6 Å². The average molecular weight is 229 g/mol. The normalized spacial score (nSPS) is 7.42. The van der Waals surface area contributed by atoms with Gasteiger partial charge in [-0.1, -0.05) is 40.7 Å². The summed E-state index contributed by atoms with van der Waals surface area (Å²) in [5.74, 6) is 0. The molecule has 0 saturated carbocycles. The standard InChI is InChI=1S/C6H5Br.C3H4O2/c7-6-4-2-1-3-5-6;1-2-5-3-4/h1-5H;2-3H,1H2. The van der Waals surface area contributed by atoms with Crippen LogP contribution in [0.25, 0.3) is 0 Å². The highest BCUT2D eigenvalue weighted by Gasteiger charge is 1.74. The van der Waals surface area contributed by atoms with Crippen LogP contribution in [0.1, 0.15) is 0 Å². The molecule has 0 aliphatic carbocycles. The maximum atomic E-state index is 9.11. The molecular formula is C9H9BrO2. The molecule has 64 valence electrons. The van der Waals surface area contributed by atoms with Crippen molar-refractivity contribution in [2.45, 2.75) is 0 Å². The first-order chi connectivity index (χ1) is 5.81. The quantitative estimate of drug-likeness (QED) is 0.575. The van der Waals surface area contributed by atoms with Crippen molar-refractivity contribution in [1.29, 1.82) is 0 Å². The van der Waals surface area contributed by atoms with Crippen LogP contribution in [0.4, 0.5) is 0 Å². The lowest BCUT2D eigenvalue weighted by Crippen LogP contribution is -1.66. The number of hydrogen-bond donors (Lipinski definition) is 0. The lowest BCUT2D eigenvalue weighted by atomic mass is 10.4. The maximum Gasteiger partial charge on any atom is 0.297 e. The number of rotatable bonds is 2. The Kier molecular flexibility index (Phi) is 7.28. The van der Waals surface area contributed by atoms with E-state index in [1.807, 2.05) is 30.3 Å². The first-order valence-electron chi connectivity index (χ1n) is 3.22. The monoisotopic (exact) mass is 228 g/mol. The van der Waals surface area contributed by atoms with Gasteiger partial charge in [0.25, 0.3) is 6.47 Å². The molecule has 0 aliphatic rings. The SMILES string of the molecule is Brc1ccccc1.C=COC=O. The van der Waals surface area contributed by atoms with Crippen LogP contribution in [0.2, 0.25) is 0 Å². The van der Waals surface area contributed by atoms with Crippen LogP contribution < -0.4 is 0 Å². The van der Waals surface area contributed by atoms with Crippen molar-refractivity contribution in [3.8, 4) is 0 Å². The van der Waals surface area contributed by atoms with Crippen LogP contribution in [0.5, 0.6) is 0 Å². The van der Waals surface area contributed by atoms with Gasteiger partial charge in [-0.25, -0.2) is 0 Å². The van der Waals surface area contributed by atoms with Crippen LogP contribution >= 0.6 is 15.9 Å². The molecule has 0 saturated heterocycles. The third-order valence-corrected chi connectivity index (χ3v) is 1.41. The highest BCUT2D eigenvalue weighted by molar-refractivity contribution is 9.10. The Bertz CT molecular complexity index is 215. The molecule has 0 unspecified atom stereocenters. The Morgan fingerprint density at radius 2 is 1.92 bits per heavy atom. The van der Waals surface area contributed by atoms with Crippen LogP contribution in [-0.4, -0.2) is 6.47 Å². The van der Waals surface area contributed by atoms with E-state index >= 15 is 0 Å². The molecule has 0 aromatic heterocycles. The van der Waals surface area contributed by atoms with Crippen LogP contribution in [0.3, 0.4) is 0 Å². The molecule has 1 aromatic carbocycles. The third kappa shape index (κ3) is 7.02. The summed E-state index contributed by atoms with van der Waals surface area (Å²) in [5.41, 5.74) is 0. The Hall–Kier alpha value is -1.09. The molecule has 0 radical (unpaired) electrons. The van der Waals surface area contributed by atoms with E-state index in [0.29, 0.717) is 6.47 Å². The maximum absolute atomic E-state index is 9.11. The molecule has 1 aromatic rings. The predicted molar refractivity (Wildman–Crippen MR) is 51.5 cm³/mol. The number of halogens is 1. The fraction of sp³-hybridized carbons (Fsp3) is 0. The van der Waals surface area contributed by atoms with Crippen molar-refractivity contribution < 1.29 is 9.53 Å². The zero-order chi connectivity index (χ0) is 9.23. The zero-order valence-electron chi connectivity index (χ0n) is 6.44. The Morgan fingerprint density at radius 1 is 1.33 bits per heavy atom. The van der Waals surface area contributed by atoms with Crippen molar-refractivity contribution in [2.24, 2.45) is 0 Å². The summed E-state index contributed by atoms with van der Waals surface area (Å²) < 4.78 is 5.05. The largest absolute Gasteiger partial charge is 0.437 e. The van der Waals surface area contributed by atoms with E-state index in [4.69, 9.17) is 4.79 Å². The van der Waals surface area contributed by atoms with Crippen molar-refractivity contribution in [3.05, 3.63) is 47.6 Å². The van der Waals surface area contributed by atoms with Gasteiger partial charge in [0.15, 0.2) is 0 Å². The highest BCUT2D eigenvalue weighted by Crippen LogP contribution is 2.05. The molecule has 0 N–H and O–H groups in total. The van der Waals surface area contributed by atoms with Gasteiger partial charge < -0.3 is 4.74 Å². The summed E-state index contributed by atoms with van der Waals surface area (Å²) in [6.45, 7) is 3.41. The van der Waals surface area contributed by atoms with Crippen LogP contribution in [0, 0.1) is 0 Å². The topological polar surface area (TPSA) is 26.3 Å². The molecule has 0 amide bonds. The highest BCUT2D eigenvalue weighted by atomic mass is 79.9. The molecule has 0 bridgehead atoms. The van der Waals surface area contributed by atoms with Gasteiger partial charge in [-0.3, -0.25) is 4.79 Å². The summed E-state index contributed by atoms with van der Waals surface area (Å²) in [6.07, 6.45) is 1.06. The van der Waals surface area contributed by atoms with Gasteiger partial charge in [-0.2, -0.15) is 0 Å².